The van der Waals surface area contributed by atoms with Crippen LogP contribution in [0.5, 0.6) is 11.5 Å². The molecule has 1 heterocycles. The number of hydrogen-bond acceptors (Lipinski definition) is 5. The lowest BCUT2D eigenvalue weighted by molar-refractivity contribution is -0.132. The van der Waals surface area contributed by atoms with Crippen LogP contribution >= 0.6 is 0 Å². The van der Waals surface area contributed by atoms with Gasteiger partial charge in [-0.3, -0.25) is 9.69 Å². The van der Waals surface area contributed by atoms with Crippen molar-refractivity contribution >= 4 is 11.9 Å². The molecule has 7 nitrogen and oxygen atoms in total. The Hall–Kier alpha value is -3.68. The lowest BCUT2D eigenvalue weighted by atomic mass is 10.1. The number of para-hydroxylation sites is 1. The highest BCUT2D eigenvalue weighted by molar-refractivity contribution is 5.87. The highest BCUT2D eigenvalue weighted by atomic mass is 16.5. The normalized spacial score (nSPS) is 15.2. The Morgan fingerprint density at radius 2 is 1.53 bits per heavy atom. The number of amides is 1. The van der Waals surface area contributed by atoms with Crippen LogP contribution < -0.4 is 10.1 Å². The van der Waals surface area contributed by atoms with E-state index in [0.29, 0.717) is 18.7 Å². The second kappa shape index (κ2) is 12.3. The van der Waals surface area contributed by atoms with Crippen molar-refractivity contribution in [2.24, 2.45) is 0 Å². The Kier molecular flexibility index (Phi) is 8.71. The van der Waals surface area contributed by atoms with Gasteiger partial charge in [-0.25, -0.2) is 4.79 Å². The molecule has 0 bridgehead atoms. The topological polar surface area (TPSA) is 82.1 Å². The smallest absolute Gasteiger partial charge is 0.335 e. The standard InChI is InChI=1S/C29H33N3O4/c1-22(30-20-23-10-14-27(15-11-23)36-26-6-3-2-4-7-26)28(33)32-17-5-16-31(18-19-32)21-24-8-12-25(13-9-24)29(34)35/h2-4,6-15,22,30H,5,16-21H2,1H3,(H,34,35). The summed E-state index contributed by atoms with van der Waals surface area (Å²) < 4.78 is 5.84. The zero-order valence-electron chi connectivity index (χ0n) is 20.6. The first-order valence-electron chi connectivity index (χ1n) is 12.4. The summed E-state index contributed by atoms with van der Waals surface area (Å²) in [6.45, 7) is 6.40. The number of hydrogen-bond donors (Lipinski definition) is 2. The number of benzene rings is 3. The highest BCUT2D eigenvalue weighted by Gasteiger charge is 2.23. The van der Waals surface area contributed by atoms with Crippen LogP contribution in [0, 0.1) is 0 Å². The Morgan fingerprint density at radius 1 is 0.861 bits per heavy atom. The number of nitrogens with zero attached hydrogens (tertiary/aromatic N) is 2. The van der Waals surface area contributed by atoms with E-state index in [0.717, 1.165) is 55.2 Å². The van der Waals surface area contributed by atoms with Crippen LogP contribution in [0.4, 0.5) is 0 Å². The van der Waals surface area contributed by atoms with Crippen molar-refractivity contribution in [2.45, 2.75) is 32.5 Å². The minimum Gasteiger partial charge on any atom is -0.478 e. The van der Waals surface area contributed by atoms with E-state index in [9.17, 15) is 9.59 Å². The minimum absolute atomic E-state index is 0.117. The van der Waals surface area contributed by atoms with Gasteiger partial charge in [0.2, 0.25) is 5.91 Å². The molecule has 0 radical (unpaired) electrons. The summed E-state index contributed by atoms with van der Waals surface area (Å²) in [6.07, 6.45) is 0.911. The Labute approximate surface area is 212 Å². The first-order valence-corrected chi connectivity index (χ1v) is 12.4. The first-order chi connectivity index (χ1) is 17.5. The van der Waals surface area contributed by atoms with Gasteiger partial charge in [-0.15, -0.1) is 0 Å². The van der Waals surface area contributed by atoms with E-state index < -0.39 is 5.97 Å². The number of carboxylic acids is 1. The maximum absolute atomic E-state index is 13.1. The van der Waals surface area contributed by atoms with Gasteiger partial charge in [-0.05, 0) is 60.9 Å². The molecule has 0 aromatic heterocycles. The summed E-state index contributed by atoms with van der Waals surface area (Å²) in [5.74, 6) is 0.782. The van der Waals surface area contributed by atoms with Crippen LogP contribution in [-0.4, -0.2) is 59.0 Å². The van der Waals surface area contributed by atoms with Crippen LogP contribution in [0.25, 0.3) is 0 Å². The molecule has 0 aliphatic carbocycles. The molecule has 1 aliphatic heterocycles. The van der Waals surface area contributed by atoms with Crippen molar-refractivity contribution in [3.63, 3.8) is 0 Å². The predicted molar refractivity (Wildman–Crippen MR) is 139 cm³/mol. The highest BCUT2D eigenvalue weighted by Crippen LogP contribution is 2.21. The molecule has 7 heteroatoms. The van der Waals surface area contributed by atoms with E-state index in [1.165, 1.54) is 0 Å². The van der Waals surface area contributed by atoms with Crippen molar-refractivity contribution in [1.82, 2.24) is 15.1 Å². The van der Waals surface area contributed by atoms with Gasteiger partial charge in [0, 0.05) is 39.3 Å². The van der Waals surface area contributed by atoms with Gasteiger partial charge in [0.15, 0.2) is 0 Å². The summed E-state index contributed by atoms with van der Waals surface area (Å²) in [5, 5.41) is 12.4. The van der Waals surface area contributed by atoms with Gasteiger partial charge >= 0.3 is 5.97 Å². The molecule has 1 atom stereocenters. The Morgan fingerprint density at radius 3 is 2.22 bits per heavy atom. The van der Waals surface area contributed by atoms with E-state index in [4.69, 9.17) is 9.84 Å². The van der Waals surface area contributed by atoms with Crippen LogP contribution in [0.3, 0.4) is 0 Å². The maximum Gasteiger partial charge on any atom is 0.335 e. The number of carboxylic acid groups (broad SMARTS) is 1. The van der Waals surface area contributed by atoms with Gasteiger partial charge < -0.3 is 20.1 Å². The van der Waals surface area contributed by atoms with Crippen molar-refractivity contribution in [2.75, 3.05) is 26.2 Å². The SMILES string of the molecule is CC(NCc1ccc(Oc2ccccc2)cc1)C(=O)N1CCCN(Cc2ccc(C(=O)O)cc2)CC1. The molecule has 1 saturated heterocycles. The van der Waals surface area contributed by atoms with E-state index in [1.807, 2.05) is 78.6 Å². The summed E-state index contributed by atoms with van der Waals surface area (Å²) >= 11 is 0. The number of aromatic carboxylic acids is 1. The number of carbonyl (C=O) groups excluding carboxylic acids is 1. The molecule has 36 heavy (non-hydrogen) atoms. The molecule has 4 rings (SSSR count). The van der Waals surface area contributed by atoms with Gasteiger partial charge in [-0.1, -0.05) is 42.5 Å². The largest absolute Gasteiger partial charge is 0.478 e. The molecule has 1 amide bonds. The van der Waals surface area contributed by atoms with Gasteiger partial charge in [-0.2, -0.15) is 0 Å². The second-order valence-electron chi connectivity index (χ2n) is 9.12. The fourth-order valence-corrected chi connectivity index (χ4v) is 4.29. The van der Waals surface area contributed by atoms with Crippen molar-refractivity contribution in [3.05, 3.63) is 95.6 Å². The molecule has 2 N–H and O–H groups in total. The molecular formula is C29H33N3O4. The van der Waals surface area contributed by atoms with Gasteiger partial charge in [0.25, 0.3) is 0 Å². The van der Waals surface area contributed by atoms with Gasteiger partial charge in [0.05, 0.1) is 11.6 Å². The molecule has 3 aromatic rings. The molecule has 1 unspecified atom stereocenters. The number of carbonyl (C=O) groups is 2. The molecule has 0 saturated carbocycles. The third-order valence-electron chi connectivity index (χ3n) is 6.39. The van der Waals surface area contributed by atoms with E-state index in [1.54, 1.807) is 12.1 Å². The first kappa shape index (κ1) is 25.4. The lowest BCUT2D eigenvalue weighted by Crippen LogP contribution is -2.46. The number of nitrogens with one attached hydrogen (secondary N) is 1. The summed E-state index contributed by atoms with van der Waals surface area (Å²) in [6, 6.07) is 24.3. The second-order valence-corrected chi connectivity index (χ2v) is 9.12. The number of ether oxygens (including phenoxy) is 1. The van der Waals surface area contributed by atoms with Crippen LogP contribution in [-0.2, 0) is 17.9 Å². The third-order valence-corrected chi connectivity index (χ3v) is 6.39. The van der Waals surface area contributed by atoms with Crippen LogP contribution in [0.1, 0.15) is 34.8 Å². The summed E-state index contributed by atoms with van der Waals surface area (Å²) in [4.78, 5) is 28.4. The van der Waals surface area contributed by atoms with Crippen molar-refractivity contribution in [3.8, 4) is 11.5 Å². The molecule has 3 aromatic carbocycles. The molecular weight excluding hydrogens is 454 g/mol. The Balaban J connectivity index is 1.22. The fourth-order valence-electron chi connectivity index (χ4n) is 4.29. The predicted octanol–water partition coefficient (Wildman–Crippen LogP) is 4.39. The average Bonchev–Trinajstić information content (AvgIpc) is 3.14. The Bertz CT molecular complexity index is 1130. The molecule has 1 aliphatic rings. The third kappa shape index (κ3) is 7.16. The lowest BCUT2D eigenvalue weighted by Gasteiger charge is -2.25. The van der Waals surface area contributed by atoms with E-state index >= 15 is 0 Å². The van der Waals surface area contributed by atoms with E-state index in [-0.39, 0.29) is 11.9 Å². The fraction of sp³-hybridized carbons (Fsp3) is 0.310. The zero-order chi connectivity index (χ0) is 25.3. The number of rotatable bonds is 9. The van der Waals surface area contributed by atoms with Crippen molar-refractivity contribution < 1.29 is 19.4 Å². The summed E-state index contributed by atoms with van der Waals surface area (Å²) in [7, 11) is 0. The molecule has 188 valence electrons. The minimum atomic E-state index is -0.915. The monoisotopic (exact) mass is 487 g/mol. The van der Waals surface area contributed by atoms with Crippen LogP contribution in [0.2, 0.25) is 0 Å². The van der Waals surface area contributed by atoms with Crippen molar-refractivity contribution in [1.29, 1.82) is 0 Å². The average molecular weight is 488 g/mol. The molecule has 0 spiro atoms. The molecule has 1 fully saturated rings. The van der Waals surface area contributed by atoms with E-state index in [2.05, 4.69) is 10.2 Å². The zero-order valence-corrected chi connectivity index (χ0v) is 20.6. The maximum atomic E-state index is 13.1. The quantitative estimate of drug-likeness (QED) is 0.466. The van der Waals surface area contributed by atoms with Gasteiger partial charge in [0.1, 0.15) is 11.5 Å². The summed E-state index contributed by atoms with van der Waals surface area (Å²) in [5.41, 5.74) is 2.46. The van der Waals surface area contributed by atoms with Crippen LogP contribution in [0.15, 0.2) is 78.9 Å².